The standard InChI is InChI=1S/C15H20N2O2/c1-2-15(5-6-15)14(18)17-12-3-4-13-11(9-12)10-16-7-8-19-13/h3-4,9,16H,2,5-8,10H2,1H3,(H,17,18). The third-order valence-corrected chi connectivity index (χ3v) is 4.18. The molecule has 19 heavy (non-hydrogen) atoms. The number of carbonyl (C=O) groups is 1. The molecule has 1 aliphatic heterocycles. The number of hydrogen-bond acceptors (Lipinski definition) is 3. The van der Waals surface area contributed by atoms with Crippen LogP contribution in [0.1, 0.15) is 31.7 Å². The summed E-state index contributed by atoms with van der Waals surface area (Å²) in [5, 5.41) is 6.34. The second-order valence-electron chi connectivity index (χ2n) is 5.44. The maximum Gasteiger partial charge on any atom is 0.230 e. The zero-order valence-electron chi connectivity index (χ0n) is 11.3. The zero-order valence-corrected chi connectivity index (χ0v) is 11.3. The minimum Gasteiger partial charge on any atom is -0.492 e. The minimum absolute atomic E-state index is 0.0957. The Bertz CT molecular complexity index is 495. The first kappa shape index (κ1) is 12.5. The molecule has 3 rings (SSSR count). The topological polar surface area (TPSA) is 50.4 Å². The molecular formula is C15H20N2O2. The highest BCUT2D eigenvalue weighted by atomic mass is 16.5. The van der Waals surface area contributed by atoms with E-state index in [9.17, 15) is 4.79 Å². The summed E-state index contributed by atoms with van der Waals surface area (Å²) >= 11 is 0. The molecule has 1 amide bonds. The van der Waals surface area contributed by atoms with Crippen LogP contribution in [0.2, 0.25) is 0 Å². The van der Waals surface area contributed by atoms with Crippen LogP contribution in [0, 0.1) is 5.41 Å². The van der Waals surface area contributed by atoms with E-state index in [-0.39, 0.29) is 11.3 Å². The Morgan fingerprint density at radius 2 is 2.32 bits per heavy atom. The molecule has 0 bridgehead atoms. The highest BCUT2D eigenvalue weighted by molar-refractivity contribution is 5.97. The molecule has 4 heteroatoms. The Morgan fingerprint density at radius 1 is 1.47 bits per heavy atom. The highest BCUT2D eigenvalue weighted by Crippen LogP contribution is 2.49. The van der Waals surface area contributed by atoms with E-state index in [1.54, 1.807) is 0 Å². The lowest BCUT2D eigenvalue weighted by molar-refractivity contribution is -0.121. The van der Waals surface area contributed by atoms with Crippen LogP contribution in [-0.4, -0.2) is 19.1 Å². The van der Waals surface area contributed by atoms with Gasteiger partial charge in [-0.05, 0) is 37.5 Å². The molecule has 0 saturated heterocycles. The molecule has 0 aromatic heterocycles. The smallest absolute Gasteiger partial charge is 0.230 e. The largest absolute Gasteiger partial charge is 0.492 e. The lowest BCUT2D eigenvalue weighted by Crippen LogP contribution is -2.23. The van der Waals surface area contributed by atoms with Gasteiger partial charge >= 0.3 is 0 Å². The number of fused-ring (bicyclic) bond motifs is 1. The van der Waals surface area contributed by atoms with Crippen molar-refractivity contribution in [2.45, 2.75) is 32.7 Å². The lowest BCUT2D eigenvalue weighted by Gasteiger charge is -2.14. The summed E-state index contributed by atoms with van der Waals surface area (Å²) < 4.78 is 5.63. The van der Waals surface area contributed by atoms with Crippen molar-refractivity contribution < 1.29 is 9.53 Å². The van der Waals surface area contributed by atoms with Crippen LogP contribution in [0.15, 0.2) is 18.2 Å². The van der Waals surface area contributed by atoms with Crippen molar-refractivity contribution in [1.82, 2.24) is 5.32 Å². The van der Waals surface area contributed by atoms with E-state index in [1.807, 2.05) is 18.2 Å². The molecule has 0 radical (unpaired) electrons. The molecule has 1 aromatic carbocycles. The van der Waals surface area contributed by atoms with Crippen molar-refractivity contribution in [1.29, 1.82) is 0 Å². The van der Waals surface area contributed by atoms with Gasteiger partial charge in [0.2, 0.25) is 5.91 Å². The van der Waals surface area contributed by atoms with Crippen LogP contribution in [0.4, 0.5) is 5.69 Å². The molecule has 1 saturated carbocycles. The van der Waals surface area contributed by atoms with E-state index in [2.05, 4.69) is 17.6 Å². The maximum atomic E-state index is 12.2. The fraction of sp³-hybridized carbons (Fsp3) is 0.533. The summed E-state index contributed by atoms with van der Waals surface area (Å²) in [4.78, 5) is 12.2. The SMILES string of the molecule is CCC1(C(=O)Nc2ccc3c(c2)CNCCO3)CC1. The summed E-state index contributed by atoms with van der Waals surface area (Å²) in [6.45, 7) is 4.42. The molecular weight excluding hydrogens is 240 g/mol. The van der Waals surface area contributed by atoms with Crippen LogP contribution in [-0.2, 0) is 11.3 Å². The summed E-state index contributed by atoms with van der Waals surface area (Å²) in [5.41, 5.74) is 1.88. The van der Waals surface area contributed by atoms with Gasteiger partial charge in [0, 0.05) is 29.8 Å². The van der Waals surface area contributed by atoms with E-state index >= 15 is 0 Å². The van der Waals surface area contributed by atoms with Crippen molar-refractivity contribution >= 4 is 11.6 Å². The number of hydrogen-bond donors (Lipinski definition) is 2. The maximum absolute atomic E-state index is 12.2. The third kappa shape index (κ3) is 2.45. The molecule has 1 aromatic rings. The van der Waals surface area contributed by atoms with Crippen molar-refractivity contribution in [2.75, 3.05) is 18.5 Å². The van der Waals surface area contributed by atoms with Gasteiger partial charge < -0.3 is 15.4 Å². The van der Waals surface area contributed by atoms with Crippen LogP contribution in [0.3, 0.4) is 0 Å². The van der Waals surface area contributed by atoms with Gasteiger partial charge in [0.1, 0.15) is 12.4 Å². The lowest BCUT2D eigenvalue weighted by atomic mass is 10.0. The van der Waals surface area contributed by atoms with Gasteiger partial charge in [-0.3, -0.25) is 4.79 Å². The van der Waals surface area contributed by atoms with Gasteiger partial charge in [-0.25, -0.2) is 0 Å². The number of ether oxygens (including phenoxy) is 1. The molecule has 4 nitrogen and oxygen atoms in total. The van der Waals surface area contributed by atoms with Crippen LogP contribution < -0.4 is 15.4 Å². The second-order valence-corrected chi connectivity index (χ2v) is 5.44. The van der Waals surface area contributed by atoms with Crippen LogP contribution >= 0.6 is 0 Å². The number of carbonyl (C=O) groups excluding carboxylic acids is 1. The molecule has 1 aliphatic carbocycles. The van der Waals surface area contributed by atoms with E-state index in [0.29, 0.717) is 6.61 Å². The first-order chi connectivity index (χ1) is 9.23. The number of benzene rings is 1. The van der Waals surface area contributed by atoms with Gasteiger partial charge in [0.05, 0.1) is 0 Å². The van der Waals surface area contributed by atoms with Crippen molar-refractivity contribution in [3.05, 3.63) is 23.8 Å². The fourth-order valence-electron chi connectivity index (χ4n) is 2.55. The third-order valence-electron chi connectivity index (χ3n) is 4.18. The predicted molar refractivity (Wildman–Crippen MR) is 74.2 cm³/mol. The average molecular weight is 260 g/mol. The van der Waals surface area contributed by atoms with Gasteiger partial charge in [-0.15, -0.1) is 0 Å². The number of anilines is 1. The van der Waals surface area contributed by atoms with Gasteiger partial charge in [0.25, 0.3) is 0 Å². The Kier molecular flexibility index (Phi) is 3.19. The van der Waals surface area contributed by atoms with E-state index in [0.717, 1.165) is 49.4 Å². The Labute approximate surface area is 113 Å². The molecule has 2 N–H and O–H groups in total. The van der Waals surface area contributed by atoms with E-state index in [4.69, 9.17) is 4.74 Å². The predicted octanol–water partition coefficient (Wildman–Crippen LogP) is 2.30. The molecule has 1 heterocycles. The van der Waals surface area contributed by atoms with E-state index in [1.165, 1.54) is 0 Å². The summed E-state index contributed by atoms with van der Waals surface area (Å²) in [6.07, 6.45) is 2.96. The average Bonchev–Trinajstić information content (AvgIpc) is 3.23. The molecule has 1 fully saturated rings. The quantitative estimate of drug-likeness (QED) is 0.876. The number of amides is 1. The number of nitrogens with one attached hydrogen (secondary N) is 2. The highest BCUT2D eigenvalue weighted by Gasteiger charge is 2.47. The molecule has 0 unspecified atom stereocenters. The Hall–Kier alpha value is -1.55. The first-order valence-electron chi connectivity index (χ1n) is 7.01. The fourth-order valence-corrected chi connectivity index (χ4v) is 2.55. The van der Waals surface area contributed by atoms with Gasteiger partial charge in [-0.2, -0.15) is 0 Å². The van der Waals surface area contributed by atoms with Crippen LogP contribution in [0.25, 0.3) is 0 Å². The number of rotatable bonds is 3. The van der Waals surface area contributed by atoms with Crippen molar-refractivity contribution in [2.24, 2.45) is 5.41 Å². The van der Waals surface area contributed by atoms with Crippen molar-refractivity contribution in [3.63, 3.8) is 0 Å². The summed E-state index contributed by atoms with van der Waals surface area (Å²) in [6, 6.07) is 5.88. The Morgan fingerprint density at radius 3 is 3.05 bits per heavy atom. The minimum atomic E-state index is -0.0957. The monoisotopic (exact) mass is 260 g/mol. The molecule has 2 aliphatic rings. The molecule has 102 valence electrons. The summed E-state index contributed by atoms with van der Waals surface area (Å²) in [5.74, 6) is 1.08. The molecule has 0 spiro atoms. The normalized spacial score (nSPS) is 19.8. The second kappa shape index (κ2) is 4.85. The van der Waals surface area contributed by atoms with Crippen LogP contribution in [0.5, 0.6) is 5.75 Å². The van der Waals surface area contributed by atoms with Crippen molar-refractivity contribution in [3.8, 4) is 5.75 Å². The zero-order chi connectivity index (χ0) is 13.3. The van der Waals surface area contributed by atoms with Gasteiger partial charge in [-0.1, -0.05) is 6.92 Å². The molecule has 0 atom stereocenters. The first-order valence-corrected chi connectivity index (χ1v) is 7.01. The van der Waals surface area contributed by atoms with E-state index < -0.39 is 0 Å². The Balaban J connectivity index is 1.75. The van der Waals surface area contributed by atoms with Gasteiger partial charge in [0.15, 0.2) is 0 Å². The summed E-state index contributed by atoms with van der Waals surface area (Å²) in [7, 11) is 0.